The van der Waals surface area contributed by atoms with Crippen LogP contribution in [-0.2, 0) is 4.74 Å². The average Bonchev–Trinajstić information content (AvgIpc) is 2.78. The highest BCUT2D eigenvalue weighted by Crippen LogP contribution is 2.36. The van der Waals surface area contributed by atoms with E-state index in [4.69, 9.17) is 4.74 Å². The Morgan fingerprint density at radius 3 is 2.83 bits per heavy atom. The highest BCUT2D eigenvalue weighted by Gasteiger charge is 2.30. The minimum Gasteiger partial charge on any atom is -0.373 e. The molecule has 0 bridgehead atoms. The minimum absolute atomic E-state index is 0.274. The van der Waals surface area contributed by atoms with Crippen LogP contribution in [0.15, 0.2) is 18.2 Å². The van der Waals surface area contributed by atoms with Crippen LogP contribution in [0.3, 0.4) is 0 Å². The van der Waals surface area contributed by atoms with Gasteiger partial charge in [-0.3, -0.25) is 0 Å². The number of rotatable bonds is 4. The molecule has 0 spiro atoms. The highest BCUT2D eigenvalue weighted by molar-refractivity contribution is 5.35. The first-order valence-electron chi connectivity index (χ1n) is 7.00. The number of hydrogen-bond donors (Lipinski definition) is 1. The van der Waals surface area contributed by atoms with Gasteiger partial charge in [-0.05, 0) is 37.0 Å². The molecule has 0 saturated carbocycles. The molecule has 0 amide bonds. The van der Waals surface area contributed by atoms with Crippen LogP contribution in [0.5, 0.6) is 0 Å². The van der Waals surface area contributed by atoms with E-state index in [2.05, 4.69) is 51.2 Å². The van der Waals surface area contributed by atoms with Crippen molar-refractivity contribution in [3.63, 3.8) is 0 Å². The summed E-state index contributed by atoms with van der Waals surface area (Å²) in [6.45, 7) is 10.7. The van der Waals surface area contributed by atoms with Crippen LogP contribution in [0.4, 0.5) is 0 Å². The van der Waals surface area contributed by atoms with Gasteiger partial charge in [0, 0.05) is 25.1 Å². The Morgan fingerprint density at radius 1 is 1.33 bits per heavy atom. The summed E-state index contributed by atoms with van der Waals surface area (Å²) >= 11 is 0. The molecule has 2 rings (SSSR count). The van der Waals surface area contributed by atoms with E-state index in [9.17, 15) is 0 Å². The Labute approximate surface area is 111 Å². The lowest BCUT2D eigenvalue weighted by atomic mass is 9.90. The summed E-state index contributed by atoms with van der Waals surface area (Å²) in [7, 11) is 0. The molecular formula is C16H25NO. The zero-order chi connectivity index (χ0) is 13.1. The molecule has 1 aromatic carbocycles. The fourth-order valence-corrected chi connectivity index (χ4v) is 2.66. The summed E-state index contributed by atoms with van der Waals surface area (Å²) in [5, 5.41) is 3.54. The van der Waals surface area contributed by atoms with Crippen LogP contribution in [-0.4, -0.2) is 19.2 Å². The van der Waals surface area contributed by atoms with Crippen molar-refractivity contribution in [2.75, 3.05) is 13.2 Å². The first-order valence-corrected chi connectivity index (χ1v) is 7.00. The molecule has 0 radical (unpaired) electrons. The molecule has 1 saturated heterocycles. The fraction of sp³-hybridized carbons (Fsp3) is 0.625. The first-order chi connectivity index (χ1) is 8.59. The molecule has 18 heavy (non-hydrogen) atoms. The zero-order valence-corrected chi connectivity index (χ0v) is 12.0. The van der Waals surface area contributed by atoms with Crippen molar-refractivity contribution < 1.29 is 4.74 Å². The standard InChI is InChI=1S/C16H25NO/c1-11(2)17-10-14-8-9-18-16(14)15-7-5-6-12(3)13(15)4/h5-7,11,14,16-17H,8-10H2,1-4H3. The Bertz CT molecular complexity index is 400. The molecule has 2 unspecified atom stereocenters. The van der Waals surface area contributed by atoms with E-state index in [1.807, 2.05) is 0 Å². The zero-order valence-electron chi connectivity index (χ0n) is 12.0. The number of nitrogens with one attached hydrogen (secondary N) is 1. The van der Waals surface area contributed by atoms with E-state index in [0.29, 0.717) is 12.0 Å². The second-order valence-corrected chi connectivity index (χ2v) is 5.69. The maximum absolute atomic E-state index is 5.98. The van der Waals surface area contributed by atoms with E-state index < -0.39 is 0 Å². The largest absolute Gasteiger partial charge is 0.373 e. The SMILES string of the molecule is Cc1cccc(C2OCCC2CNC(C)C)c1C. The lowest BCUT2D eigenvalue weighted by Gasteiger charge is -2.22. The van der Waals surface area contributed by atoms with Gasteiger partial charge in [0.25, 0.3) is 0 Å². The van der Waals surface area contributed by atoms with Crippen molar-refractivity contribution in [3.8, 4) is 0 Å². The highest BCUT2D eigenvalue weighted by atomic mass is 16.5. The molecule has 1 N–H and O–H groups in total. The van der Waals surface area contributed by atoms with Crippen molar-refractivity contribution in [1.82, 2.24) is 5.32 Å². The quantitative estimate of drug-likeness (QED) is 0.880. The molecule has 0 aromatic heterocycles. The lowest BCUT2D eigenvalue weighted by Crippen LogP contribution is -2.30. The molecule has 1 aliphatic rings. The maximum atomic E-state index is 5.98. The molecule has 0 aliphatic carbocycles. The molecule has 1 aromatic rings. The number of hydrogen-bond acceptors (Lipinski definition) is 2. The molecule has 1 heterocycles. The topological polar surface area (TPSA) is 21.3 Å². The first kappa shape index (κ1) is 13.6. The Kier molecular flexibility index (Phi) is 4.41. The molecule has 1 aliphatic heterocycles. The molecule has 2 nitrogen and oxygen atoms in total. The van der Waals surface area contributed by atoms with Gasteiger partial charge in [-0.15, -0.1) is 0 Å². The van der Waals surface area contributed by atoms with E-state index in [0.717, 1.165) is 19.6 Å². The van der Waals surface area contributed by atoms with Gasteiger partial charge in [-0.25, -0.2) is 0 Å². The number of benzene rings is 1. The maximum Gasteiger partial charge on any atom is 0.0868 e. The lowest BCUT2D eigenvalue weighted by molar-refractivity contribution is 0.0895. The van der Waals surface area contributed by atoms with Gasteiger partial charge >= 0.3 is 0 Å². The van der Waals surface area contributed by atoms with Crippen molar-refractivity contribution in [3.05, 3.63) is 34.9 Å². The van der Waals surface area contributed by atoms with Crippen molar-refractivity contribution in [2.24, 2.45) is 5.92 Å². The number of aryl methyl sites for hydroxylation is 1. The fourth-order valence-electron chi connectivity index (χ4n) is 2.66. The van der Waals surface area contributed by atoms with Gasteiger partial charge in [-0.1, -0.05) is 32.0 Å². The second kappa shape index (κ2) is 5.85. The van der Waals surface area contributed by atoms with E-state index in [1.54, 1.807) is 0 Å². The van der Waals surface area contributed by atoms with Crippen LogP contribution >= 0.6 is 0 Å². The smallest absolute Gasteiger partial charge is 0.0868 e. The summed E-state index contributed by atoms with van der Waals surface area (Å²) in [5.74, 6) is 0.605. The molecule has 2 heteroatoms. The normalized spacial score (nSPS) is 23.8. The Hall–Kier alpha value is -0.860. The predicted molar refractivity (Wildman–Crippen MR) is 75.9 cm³/mol. The van der Waals surface area contributed by atoms with Crippen LogP contribution in [0, 0.1) is 19.8 Å². The average molecular weight is 247 g/mol. The third-order valence-corrected chi connectivity index (χ3v) is 3.96. The van der Waals surface area contributed by atoms with Crippen LogP contribution in [0.25, 0.3) is 0 Å². The van der Waals surface area contributed by atoms with Gasteiger partial charge < -0.3 is 10.1 Å². The summed E-state index contributed by atoms with van der Waals surface area (Å²) < 4.78 is 5.98. The monoisotopic (exact) mass is 247 g/mol. The van der Waals surface area contributed by atoms with E-state index in [1.165, 1.54) is 16.7 Å². The van der Waals surface area contributed by atoms with E-state index >= 15 is 0 Å². The van der Waals surface area contributed by atoms with Gasteiger partial charge in [0.05, 0.1) is 6.10 Å². The third-order valence-electron chi connectivity index (χ3n) is 3.96. The Balaban J connectivity index is 2.13. The van der Waals surface area contributed by atoms with Crippen molar-refractivity contribution in [2.45, 2.75) is 46.3 Å². The van der Waals surface area contributed by atoms with Crippen molar-refractivity contribution >= 4 is 0 Å². The summed E-state index contributed by atoms with van der Waals surface area (Å²) in [4.78, 5) is 0. The van der Waals surface area contributed by atoms with Gasteiger partial charge in [0.15, 0.2) is 0 Å². The van der Waals surface area contributed by atoms with Crippen LogP contribution in [0.1, 0.15) is 43.1 Å². The van der Waals surface area contributed by atoms with Gasteiger partial charge in [0.1, 0.15) is 0 Å². The molecule has 2 atom stereocenters. The van der Waals surface area contributed by atoms with Gasteiger partial charge in [-0.2, -0.15) is 0 Å². The summed E-state index contributed by atoms with van der Waals surface area (Å²) in [6.07, 6.45) is 1.44. The Morgan fingerprint density at radius 2 is 2.11 bits per heavy atom. The summed E-state index contributed by atoms with van der Waals surface area (Å²) in [5.41, 5.74) is 4.13. The van der Waals surface area contributed by atoms with Gasteiger partial charge in [0.2, 0.25) is 0 Å². The molecular weight excluding hydrogens is 222 g/mol. The van der Waals surface area contributed by atoms with Crippen LogP contribution in [0.2, 0.25) is 0 Å². The number of ether oxygens (including phenoxy) is 1. The summed E-state index contributed by atoms with van der Waals surface area (Å²) in [6, 6.07) is 7.09. The predicted octanol–water partition coefficient (Wildman–Crippen LogP) is 3.38. The molecule has 100 valence electrons. The third kappa shape index (κ3) is 2.93. The van der Waals surface area contributed by atoms with E-state index in [-0.39, 0.29) is 6.10 Å². The molecule has 1 fully saturated rings. The second-order valence-electron chi connectivity index (χ2n) is 5.69. The van der Waals surface area contributed by atoms with Crippen LogP contribution < -0.4 is 5.32 Å². The minimum atomic E-state index is 0.274. The van der Waals surface area contributed by atoms with Crippen molar-refractivity contribution in [1.29, 1.82) is 0 Å².